The van der Waals surface area contributed by atoms with Crippen molar-refractivity contribution in [2.75, 3.05) is 25.3 Å². The molecule has 8 heteroatoms. The number of nitrogens with one attached hydrogen (secondary N) is 1. The number of nitrogens with zero attached hydrogens (tertiary/aromatic N) is 2. The van der Waals surface area contributed by atoms with Crippen LogP contribution in [0.2, 0.25) is 0 Å². The SMILES string of the molecule is COc1ccc(NC(=O)CSc2ncnc3sc(C)cc23)c(OC)c1. The summed E-state index contributed by atoms with van der Waals surface area (Å²) in [6.45, 7) is 2.03. The number of thiophene rings is 1. The molecule has 0 atom stereocenters. The molecule has 3 rings (SSSR count). The molecular weight excluding hydrogens is 358 g/mol. The first-order valence-electron chi connectivity index (χ1n) is 7.46. The van der Waals surface area contributed by atoms with E-state index in [0.717, 1.165) is 15.2 Å². The van der Waals surface area contributed by atoms with Gasteiger partial charge in [0.1, 0.15) is 27.7 Å². The highest BCUT2D eigenvalue weighted by molar-refractivity contribution is 8.00. The number of benzene rings is 1. The highest BCUT2D eigenvalue weighted by atomic mass is 32.2. The highest BCUT2D eigenvalue weighted by Crippen LogP contribution is 2.31. The molecule has 0 aliphatic carbocycles. The molecule has 2 heterocycles. The molecule has 1 amide bonds. The number of rotatable bonds is 6. The number of thioether (sulfide) groups is 1. The number of hydrogen-bond acceptors (Lipinski definition) is 7. The summed E-state index contributed by atoms with van der Waals surface area (Å²) in [5.41, 5.74) is 0.605. The molecule has 130 valence electrons. The van der Waals surface area contributed by atoms with E-state index >= 15 is 0 Å². The fraction of sp³-hybridized carbons (Fsp3) is 0.235. The van der Waals surface area contributed by atoms with Crippen LogP contribution < -0.4 is 14.8 Å². The maximum absolute atomic E-state index is 12.3. The lowest BCUT2D eigenvalue weighted by atomic mass is 10.2. The van der Waals surface area contributed by atoms with Crippen molar-refractivity contribution in [2.24, 2.45) is 0 Å². The van der Waals surface area contributed by atoms with Crippen LogP contribution in [0.4, 0.5) is 5.69 Å². The molecule has 0 bridgehead atoms. The first-order chi connectivity index (χ1) is 12.1. The summed E-state index contributed by atoms with van der Waals surface area (Å²) < 4.78 is 10.4. The van der Waals surface area contributed by atoms with Gasteiger partial charge in [0.25, 0.3) is 0 Å². The van der Waals surface area contributed by atoms with Crippen LogP contribution in [-0.4, -0.2) is 35.8 Å². The van der Waals surface area contributed by atoms with Gasteiger partial charge in [0.2, 0.25) is 5.91 Å². The molecule has 6 nitrogen and oxygen atoms in total. The van der Waals surface area contributed by atoms with Crippen LogP contribution in [0.15, 0.2) is 35.6 Å². The predicted molar refractivity (Wildman–Crippen MR) is 101 cm³/mol. The Morgan fingerprint density at radius 2 is 2.08 bits per heavy atom. The van der Waals surface area contributed by atoms with Crippen molar-refractivity contribution >= 4 is 44.9 Å². The van der Waals surface area contributed by atoms with Crippen LogP contribution in [0.5, 0.6) is 11.5 Å². The summed E-state index contributed by atoms with van der Waals surface area (Å²) in [6.07, 6.45) is 1.53. The first-order valence-corrected chi connectivity index (χ1v) is 9.26. The average molecular weight is 375 g/mol. The van der Waals surface area contributed by atoms with Gasteiger partial charge in [-0.15, -0.1) is 11.3 Å². The molecule has 0 saturated carbocycles. The Morgan fingerprint density at radius 1 is 1.24 bits per heavy atom. The maximum atomic E-state index is 12.3. The number of carbonyl (C=O) groups is 1. The number of aryl methyl sites for hydroxylation is 1. The average Bonchev–Trinajstić information content (AvgIpc) is 3.01. The smallest absolute Gasteiger partial charge is 0.234 e. The van der Waals surface area contributed by atoms with Crippen molar-refractivity contribution in [2.45, 2.75) is 11.9 Å². The highest BCUT2D eigenvalue weighted by Gasteiger charge is 2.12. The first kappa shape index (κ1) is 17.5. The minimum absolute atomic E-state index is 0.132. The fourth-order valence-corrected chi connectivity index (χ4v) is 3.98. The Kier molecular flexibility index (Phi) is 5.40. The Hall–Kier alpha value is -2.32. The number of aromatic nitrogens is 2. The van der Waals surface area contributed by atoms with Gasteiger partial charge >= 0.3 is 0 Å². The zero-order valence-corrected chi connectivity index (χ0v) is 15.7. The van der Waals surface area contributed by atoms with Crippen LogP contribution in [0.3, 0.4) is 0 Å². The molecule has 0 saturated heterocycles. The molecule has 0 spiro atoms. The quantitative estimate of drug-likeness (QED) is 0.522. The second-order valence-corrected chi connectivity index (χ2v) is 7.36. The van der Waals surface area contributed by atoms with Gasteiger partial charge in [-0.2, -0.15) is 0 Å². The summed E-state index contributed by atoms with van der Waals surface area (Å²) in [6, 6.07) is 7.30. The monoisotopic (exact) mass is 375 g/mol. The lowest BCUT2D eigenvalue weighted by Gasteiger charge is -2.11. The summed E-state index contributed by atoms with van der Waals surface area (Å²) in [7, 11) is 3.13. The van der Waals surface area contributed by atoms with Crippen molar-refractivity contribution in [3.05, 3.63) is 35.5 Å². The van der Waals surface area contributed by atoms with Crippen LogP contribution in [0.1, 0.15) is 4.88 Å². The predicted octanol–water partition coefficient (Wildman–Crippen LogP) is 3.75. The van der Waals surface area contributed by atoms with Crippen molar-refractivity contribution in [1.82, 2.24) is 9.97 Å². The molecular formula is C17H17N3O3S2. The molecule has 1 aromatic carbocycles. The third-order valence-electron chi connectivity index (χ3n) is 3.44. The molecule has 0 radical (unpaired) electrons. The van der Waals surface area contributed by atoms with Crippen LogP contribution in [-0.2, 0) is 4.79 Å². The van der Waals surface area contributed by atoms with E-state index < -0.39 is 0 Å². The standard InChI is InChI=1S/C17H17N3O3S2/c1-10-6-12-16(18-9-19-17(12)25-10)24-8-15(21)20-13-5-4-11(22-2)7-14(13)23-3/h4-7,9H,8H2,1-3H3,(H,20,21). The summed E-state index contributed by atoms with van der Waals surface area (Å²) in [5.74, 6) is 1.33. The van der Waals surface area contributed by atoms with Crippen molar-refractivity contribution < 1.29 is 14.3 Å². The zero-order valence-electron chi connectivity index (χ0n) is 14.0. The fourth-order valence-electron chi connectivity index (χ4n) is 2.29. The molecule has 0 fully saturated rings. The summed E-state index contributed by atoms with van der Waals surface area (Å²) in [5, 5.41) is 4.66. The largest absolute Gasteiger partial charge is 0.497 e. The number of amides is 1. The number of hydrogen-bond donors (Lipinski definition) is 1. The van der Waals surface area contributed by atoms with Crippen LogP contribution in [0.25, 0.3) is 10.2 Å². The van der Waals surface area contributed by atoms with Gasteiger partial charge in [-0.05, 0) is 25.1 Å². The van der Waals surface area contributed by atoms with Gasteiger partial charge in [-0.3, -0.25) is 4.79 Å². The molecule has 2 aromatic heterocycles. The van der Waals surface area contributed by atoms with E-state index in [0.29, 0.717) is 17.2 Å². The van der Waals surface area contributed by atoms with Gasteiger partial charge < -0.3 is 14.8 Å². The van der Waals surface area contributed by atoms with E-state index in [2.05, 4.69) is 15.3 Å². The van der Waals surface area contributed by atoms with Gasteiger partial charge in [0, 0.05) is 16.3 Å². The van der Waals surface area contributed by atoms with Crippen molar-refractivity contribution in [3.8, 4) is 11.5 Å². The Labute approximate surface area is 153 Å². The van der Waals surface area contributed by atoms with E-state index in [9.17, 15) is 4.79 Å². The normalized spacial score (nSPS) is 10.7. The Bertz CT molecular complexity index is 911. The number of fused-ring (bicyclic) bond motifs is 1. The topological polar surface area (TPSA) is 73.3 Å². The van der Waals surface area contributed by atoms with Crippen LogP contribution in [0, 0.1) is 6.92 Å². The molecule has 1 N–H and O–H groups in total. The van der Waals surface area contributed by atoms with Crippen molar-refractivity contribution in [1.29, 1.82) is 0 Å². The lowest BCUT2D eigenvalue weighted by molar-refractivity contribution is -0.113. The minimum atomic E-state index is -0.132. The molecule has 0 unspecified atom stereocenters. The van der Waals surface area contributed by atoms with Gasteiger partial charge in [0.15, 0.2) is 0 Å². The number of carbonyl (C=O) groups excluding carboxylic acids is 1. The van der Waals surface area contributed by atoms with Gasteiger partial charge in [-0.1, -0.05) is 11.8 Å². The molecule has 3 aromatic rings. The second-order valence-electron chi connectivity index (χ2n) is 5.16. The Morgan fingerprint density at radius 3 is 2.84 bits per heavy atom. The zero-order chi connectivity index (χ0) is 17.8. The minimum Gasteiger partial charge on any atom is -0.497 e. The third kappa shape index (κ3) is 4.02. The number of methoxy groups -OCH3 is 2. The van der Waals surface area contributed by atoms with E-state index in [1.165, 1.54) is 23.0 Å². The lowest BCUT2D eigenvalue weighted by Crippen LogP contribution is -2.14. The second kappa shape index (κ2) is 7.71. The van der Waals surface area contributed by atoms with Crippen LogP contribution >= 0.6 is 23.1 Å². The van der Waals surface area contributed by atoms with E-state index in [-0.39, 0.29) is 11.7 Å². The summed E-state index contributed by atoms with van der Waals surface area (Å²) in [4.78, 5) is 23.0. The Balaban J connectivity index is 1.68. The third-order valence-corrected chi connectivity index (χ3v) is 5.40. The van der Waals surface area contributed by atoms with E-state index in [4.69, 9.17) is 9.47 Å². The molecule has 0 aliphatic rings. The van der Waals surface area contributed by atoms with Gasteiger partial charge in [-0.25, -0.2) is 9.97 Å². The number of ether oxygens (including phenoxy) is 2. The number of anilines is 1. The molecule has 0 aliphatic heterocycles. The molecule has 25 heavy (non-hydrogen) atoms. The van der Waals surface area contributed by atoms with Crippen molar-refractivity contribution in [3.63, 3.8) is 0 Å². The van der Waals surface area contributed by atoms with E-state index in [1.807, 2.05) is 13.0 Å². The maximum Gasteiger partial charge on any atom is 0.234 e. The van der Waals surface area contributed by atoms with E-state index in [1.54, 1.807) is 43.8 Å². The van der Waals surface area contributed by atoms with Gasteiger partial charge in [0.05, 0.1) is 25.7 Å². The summed E-state index contributed by atoms with van der Waals surface area (Å²) >= 11 is 3.01.